The number of benzene rings is 1. The van der Waals surface area contributed by atoms with Gasteiger partial charge in [0.25, 0.3) is 0 Å². The van der Waals surface area contributed by atoms with Crippen molar-refractivity contribution in [2.75, 3.05) is 13.1 Å². The van der Waals surface area contributed by atoms with Gasteiger partial charge >= 0.3 is 18.2 Å². The van der Waals surface area contributed by atoms with Crippen LogP contribution in [0.4, 0.5) is 14.4 Å². The van der Waals surface area contributed by atoms with Crippen LogP contribution in [0, 0.1) is 0 Å². The topological polar surface area (TPSA) is 138 Å². The van der Waals surface area contributed by atoms with Crippen LogP contribution in [0.1, 0.15) is 63.5 Å². The second-order valence-corrected chi connectivity index (χ2v) is 10.8. The highest BCUT2D eigenvalue weighted by atomic mass is 16.7. The Balaban J connectivity index is 1.57. The van der Waals surface area contributed by atoms with E-state index in [-0.39, 0.29) is 19.2 Å². The molecule has 12 heteroatoms. The molecule has 200 valence electrons. The van der Waals surface area contributed by atoms with Gasteiger partial charge in [-0.15, -0.1) is 0 Å². The molecule has 0 unspecified atom stereocenters. The molecule has 37 heavy (non-hydrogen) atoms. The van der Waals surface area contributed by atoms with Crippen LogP contribution >= 0.6 is 0 Å². The molecule has 0 radical (unpaired) electrons. The van der Waals surface area contributed by atoms with Gasteiger partial charge in [-0.2, -0.15) is 10.2 Å². The highest BCUT2D eigenvalue weighted by Crippen LogP contribution is 2.47. The van der Waals surface area contributed by atoms with Crippen molar-refractivity contribution in [1.82, 2.24) is 30.4 Å². The van der Waals surface area contributed by atoms with Crippen LogP contribution in [-0.2, 0) is 22.7 Å². The number of ether oxygens (including phenoxy) is 1. The molecule has 4 rings (SSSR count). The Labute approximate surface area is 215 Å². The Morgan fingerprint density at radius 1 is 1.16 bits per heavy atom. The normalized spacial score (nSPS) is 19.0. The molecule has 4 amide bonds. The fraction of sp³-hybridized carbons (Fsp3) is 0.520. The number of aromatic nitrogens is 2. The monoisotopic (exact) mass is 514 g/mol. The zero-order valence-electron chi connectivity index (χ0n) is 21.7. The van der Waals surface area contributed by atoms with E-state index in [4.69, 9.17) is 14.7 Å². The van der Waals surface area contributed by atoms with E-state index >= 15 is 0 Å². The minimum Gasteiger partial charge on any atom is -0.465 e. The number of hydrogen-bond acceptors (Lipinski definition) is 6. The number of carboxylic acid groups (broad SMARTS) is 1. The van der Waals surface area contributed by atoms with Gasteiger partial charge in [-0.3, -0.25) is 9.52 Å². The first-order valence-electron chi connectivity index (χ1n) is 12.2. The summed E-state index contributed by atoms with van der Waals surface area (Å²) >= 11 is 0. The summed E-state index contributed by atoms with van der Waals surface area (Å²) in [5, 5.41) is 20.8. The van der Waals surface area contributed by atoms with Gasteiger partial charge in [-0.05, 0) is 40.2 Å². The molecule has 3 heterocycles. The summed E-state index contributed by atoms with van der Waals surface area (Å²) < 4.78 is 6.96. The Kier molecular flexibility index (Phi) is 7.05. The largest absolute Gasteiger partial charge is 0.465 e. The van der Waals surface area contributed by atoms with E-state index in [9.17, 15) is 19.5 Å². The molecule has 12 nitrogen and oxygen atoms in total. The van der Waals surface area contributed by atoms with Gasteiger partial charge in [-0.25, -0.2) is 14.4 Å². The van der Waals surface area contributed by atoms with Gasteiger partial charge in [0, 0.05) is 18.3 Å². The number of hydrogen-bond donors (Lipinski definition) is 3. The molecule has 1 aromatic heterocycles. The summed E-state index contributed by atoms with van der Waals surface area (Å²) in [6.45, 7) is 9.99. The summed E-state index contributed by atoms with van der Waals surface area (Å²) in [5.74, 6) is 0. The average molecular weight is 515 g/mol. The third-order valence-electron chi connectivity index (χ3n) is 6.17. The van der Waals surface area contributed by atoms with Crippen LogP contribution in [0.5, 0.6) is 0 Å². The van der Waals surface area contributed by atoms with E-state index in [2.05, 4.69) is 10.6 Å². The van der Waals surface area contributed by atoms with Crippen LogP contribution in [0.15, 0.2) is 36.5 Å². The number of hydroxylamine groups is 2. The second-order valence-electron chi connectivity index (χ2n) is 10.8. The fourth-order valence-corrected chi connectivity index (χ4v) is 4.75. The van der Waals surface area contributed by atoms with Crippen molar-refractivity contribution in [2.24, 2.45) is 0 Å². The van der Waals surface area contributed by atoms with Crippen LogP contribution in [0.3, 0.4) is 0 Å². The lowest BCUT2D eigenvalue weighted by atomic mass is 9.85. The summed E-state index contributed by atoms with van der Waals surface area (Å²) in [4.78, 5) is 44.6. The lowest BCUT2D eigenvalue weighted by molar-refractivity contribution is -0.141. The number of nitrogens with zero attached hydrogens (tertiary/aromatic N) is 4. The predicted molar refractivity (Wildman–Crippen MR) is 132 cm³/mol. The van der Waals surface area contributed by atoms with Crippen LogP contribution in [-0.4, -0.2) is 67.3 Å². The van der Waals surface area contributed by atoms with E-state index in [0.717, 1.165) is 11.1 Å². The standard InChI is InChI=1S/C25H34N6O6/c1-24(2,3)37-22(34)26-11-12-29-13-17-18-14-30(20(19(17)28-29)25(4,5)27-21(32)33)23(35)31(18)36-15-16-9-7-6-8-10-16/h6-10,13,18,20,27H,11-12,14-15H2,1-5H3,(H,26,34)(H,32,33)/t18-,20+/m1/s1. The number of nitrogens with one attached hydrogen (secondary N) is 2. The number of fused-ring (bicyclic) bond motifs is 4. The molecule has 0 saturated carbocycles. The van der Waals surface area contributed by atoms with Crippen molar-refractivity contribution in [1.29, 1.82) is 0 Å². The summed E-state index contributed by atoms with van der Waals surface area (Å²) in [6, 6.07) is 8.12. The molecular formula is C25H34N6O6. The molecule has 1 fully saturated rings. The van der Waals surface area contributed by atoms with Crippen molar-refractivity contribution >= 4 is 18.2 Å². The van der Waals surface area contributed by atoms with E-state index < -0.39 is 35.4 Å². The maximum atomic E-state index is 13.4. The number of alkyl carbamates (subject to hydrolysis) is 1. The lowest BCUT2D eigenvalue weighted by Crippen LogP contribution is -2.54. The highest BCUT2D eigenvalue weighted by molar-refractivity contribution is 5.79. The number of carbonyl (C=O) groups is 3. The molecular weight excluding hydrogens is 480 g/mol. The molecule has 2 aliphatic rings. The van der Waals surface area contributed by atoms with Crippen molar-refractivity contribution in [3.05, 3.63) is 53.3 Å². The Bertz CT molecular complexity index is 1160. The predicted octanol–water partition coefficient (Wildman–Crippen LogP) is 3.42. The molecule has 2 bridgehead atoms. The molecule has 1 aromatic carbocycles. The number of carbonyl (C=O) groups excluding carboxylic acids is 2. The Morgan fingerprint density at radius 3 is 2.51 bits per heavy atom. The second kappa shape index (κ2) is 9.92. The maximum Gasteiger partial charge on any atom is 0.407 e. The van der Waals surface area contributed by atoms with Crippen molar-refractivity contribution in [2.45, 2.75) is 71.0 Å². The quantitative estimate of drug-likeness (QED) is 0.491. The van der Waals surface area contributed by atoms with Crippen LogP contribution in [0.25, 0.3) is 0 Å². The summed E-state index contributed by atoms with van der Waals surface area (Å²) in [5.41, 5.74) is 0.642. The van der Waals surface area contributed by atoms with E-state index in [1.54, 1.807) is 44.2 Å². The Morgan fingerprint density at radius 2 is 1.86 bits per heavy atom. The third kappa shape index (κ3) is 5.79. The molecule has 0 spiro atoms. The number of rotatable bonds is 8. The van der Waals surface area contributed by atoms with Crippen LogP contribution < -0.4 is 10.6 Å². The molecule has 2 aliphatic heterocycles. The van der Waals surface area contributed by atoms with Crippen LogP contribution in [0.2, 0.25) is 0 Å². The Hall–Kier alpha value is -3.80. The minimum atomic E-state index is -1.20. The summed E-state index contributed by atoms with van der Waals surface area (Å²) in [6.07, 6.45) is 0.110. The highest BCUT2D eigenvalue weighted by Gasteiger charge is 2.55. The molecule has 3 N–H and O–H groups in total. The first-order valence-corrected chi connectivity index (χ1v) is 12.2. The molecule has 2 aromatic rings. The SMILES string of the molecule is CC(C)(C)OC(=O)NCCn1cc2c(n1)[C@@H](C(C)(C)NC(=O)O)N1C[C@H]2N(OCc2ccccc2)C1=O. The average Bonchev–Trinajstić information content (AvgIpc) is 3.31. The summed E-state index contributed by atoms with van der Waals surface area (Å²) in [7, 11) is 0. The minimum absolute atomic E-state index is 0.210. The zero-order valence-corrected chi connectivity index (χ0v) is 21.7. The first kappa shape index (κ1) is 26.3. The van der Waals surface area contributed by atoms with E-state index in [1.165, 1.54) is 5.06 Å². The number of amides is 4. The van der Waals surface area contributed by atoms with Crippen molar-refractivity contribution < 1.29 is 29.1 Å². The van der Waals surface area contributed by atoms with Gasteiger partial charge in [0.15, 0.2) is 0 Å². The third-order valence-corrected chi connectivity index (χ3v) is 6.17. The van der Waals surface area contributed by atoms with E-state index in [0.29, 0.717) is 18.8 Å². The number of urea groups is 1. The smallest absolute Gasteiger partial charge is 0.407 e. The molecule has 0 aliphatic carbocycles. The lowest BCUT2D eigenvalue weighted by Gasteiger charge is -2.40. The van der Waals surface area contributed by atoms with Gasteiger partial charge < -0.3 is 25.4 Å². The maximum absolute atomic E-state index is 13.4. The van der Waals surface area contributed by atoms with Crippen molar-refractivity contribution in [3.63, 3.8) is 0 Å². The first-order chi connectivity index (χ1) is 17.4. The molecule has 2 atom stereocenters. The van der Waals surface area contributed by atoms with Gasteiger partial charge in [0.2, 0.25) is 0 Å². The van der Waals surface area contributed by atoms with Gasteiger partial charge in [0.05, 0.1) is 24.3 Å². The zero-order chi connectivity index (χ0) is 27.0. The molecule has 1 saturated heterocycles. The van der Waals surface area contributed by atoms with E-state index in [1.807, 2.05) is 36.5 Å². The van der Waals surface area contributed by atoms with Gasteiger partial charge in [-0.1, -0.05) is 30.3 Å². The fourth-order valence-electron chi connectivity index (χ4n) is 4.75. The van der Waals surface area contributed by atoms with Crippen molar-refractivity contribution in [3.8, 4) is 0 Å². The van der Waals surface area contributed by atoms with Gasteiger partial charge in [0.1, 0.15) is 24.3 Å².